The molecule has 0 radical (unpaired) electrons. The van der Waals surface area contributed by atoms with E-state index in [1.165, 1.54) is 57.8 Å². The van der Waals surface area contributed by atoms with Crippen LogP contribution in [-0.4, -0.2) is 17.5 Å². The molecule has 1 rings (SSSR count). The summed E-state index contributed by atoms with van der Waals surface area (Å²) < 4.78 is 5.44. The zero-order valence-corrected chi connectivity index (χ0v) is 16.9. The summed E-state index contributed by atoms with van der Waals surface area (Å²) in [4.78, 5) is 16.2. The van der Waals surface area contributed by atoms with Gasteiger partial charge in [-0.2, -0.15) is 0 Å². The number of nitrogens with zero attached hydrogens (tertiary/aromatic N) is 1. The molecule has 0 saturated carbocycles. The lowest BCUT2D eigenvalue weighted by Gasteiger charge is -2.07. The molecule has 0 aliphatic rings. The summed E-state index contributed by atoms with van der Waals surface area (Å²) in [5, 5.41) is 2.90. The number of aromatic nitrogens is 1. The maximum atomic E-state index is 12.0. The fourth-order valence-corrected chi connectivity index (χ4v) is 2.92. The minimum atomic E-state index is 0.0740. The van der Waals surface area contributed by atoms with Crippen LogP contribution in [0.15, 0.2) is 18.3 Å². The van der Waals surface area contributed by atoms with Gasteiger partial charge in [0.15, 0.2) is 0 Å². The Morgan fingerprint density at radius 1 is 0.885 bits per heavy atom. The van der Waals surface area contributed by atoms with E-state index in [-0.39, 0.29) is 5.91 Å². The van der Waals surface area contributed by atoms with Crippen LogP contribution in [0.25, 0.3) is 0 Å². The number of carbonyl (C=O) groups is 1. The number of rotatable bonds is 16. The molecule has 0 fully saturated rings. The third-order valence-electron chi connectivity index (χ3n) is 4.48. The van der Waals surface area contributed by atoms with Crippen molar-refractivity contribution in [2.24, 2.45) is 0 Å². The molecule has 1 heterocycles. The standard InChI is InChI=1S/C22H38N2O2/c1-3-5-6-7-8-9-10-11-12-13-14-15-21(25)24-20-16-17-22(23-19-20)26-18-4-2/h16-17,19H,3-15,18H2,1-2H3,(H,24,25). The fraction of sp³-hybridized carbons (Fsp3) is 0.727. The molecule has 0 aliphatic carbocycles. The van der Waals surface area contributed by atoms with Crippen molar-refractivity contribution in [1.82, 2.24) is 4.98 Å². The van der Waals surface area contributed by atoms with Crippen molar-refractivity contribution in [1.29, 1.82) is 0 Å². The lowest BCUT2D eigenvalue weighted by atomic mass is 10.1. The zero-order valence-electron chi connectivity index (χ0n) is 16.9. The largest absolute Gasteiger partial charge is 0.478 e. The van der Waals surface area contributed by atoms with Crippen LogP contribution in [0.2, 0.25) is 0 Å². The Balaban J connectivity index is 1.98. The van der Waals surface area contributed by atoms with Gasteiger partial charge < -0.3 is 10.1 Å². The molecule has 4 heteroatoms. The predicted octanol–water partition coefficient (Wildman–Crippen LogP) is 6.51. The Kier molecular flexibility index (Phi) is 13.5. The summed E-state index contributed by atoms with van der Waals surface area (Å²) in [5.74, 6) is 0.681. The maximum Gasteiger partial charge on any atom is 0.224 e. The van der Waals surface area contributed by atoms with Gasteiger partial charge in [0, 0.05) is 12.5 Å². The lowest BCUT2D eigenvalue weighted by Crippen LogP contribution is -2.11. The van der Waals surface area contributed by atoms with Crippen LogP contribution in [-0.2, 0) is 4.79 Å². The molecule has 1 aromatic rings. The van der Waals surface area contributed by atoms with Gasteiger partial charge in [0.1, 0.15) is 0 Å². The molecule has 1 aromatic heterocycles. The molecule has 0 aromatic carbocycles. The maximum absolute atomic E-state index is 12.0. The smallest absolute Gasteiger partial charge is 0.224 e. The van der Waals surface area contributed by atoms with Crippen molar-refractivity contribution in [3.05, 3.63) is 18.3 Å². The first kappa shape index (κ1) is 22.5. The Hall–Kier alpha value is -1.58. The van der Waals surface area contributed by atoms with E-state index in [2.05, 4.69) is 24.1 Å². The Bertz CT molecular complexity index is 460. The molecular formula is C22H38N2O2. The highest BCUT2D eigenvalue weighted by atomic mass is 16.5. The molecule has 0 saturated heterocycles. The average molecular weight is 363 g/mol. The van der Waals surface area contributed by atoms with E-state index in [0.717, 1.165) is 24.9 Å². The van der Waals surface area contributed by atoms with Gasteiger partial charge in [-0.1, -0.05) is 78.1 Å². The van der Waals surface area contributed by atoms with E-state index in [1.807, 2.05) is 6.07 Å². The highest BCUT2D eigenvalue weighted by molar-refractivity contribution is 5.90. The van der Waals surface area contributed by atoms with Gasteiger partial charge in [0.25, 0.3) is 0 Å². The van der Waals surface area contributed by atoms with Crippen molar-refractivity contribution in [2.75, 3.05) is 11.9 Å². The van der Waals surface area contributed by atoms with Crippen molar-refractivity contribution in [3.8, 4) is 5.88 Å². The van der Waals surface area contributed by atoms with Gasteiger partial charge in [-0.05, 0) is 18.9 Å². The summed E-state index contributed by atoms with van der Waals surface area (Å²) in [6.45, 7) is 4.98. The van der Waals surface area contributed by atoms with Crippen LogP contribution >= 0.6 is 0 Å². The number of amides is 1. The molecule has 0 bridgehead atoms. The summed E-state index contributed by atoms with van der Waals surface area (Å²) in [7, 11) is 0. The van der Waals surface area contributed by atoms with Crippen molar-refractivity contribution < 1.29 is 9.53 Å². The summed E-state index contributed by atoms with van der Waals surface area (Å²) >= 11 is 0. The van der Waals surface area contributed by atoms with Gasteiger partial charge in [-0.3, -0.25) is 4.79 Å². The zero-order chi connectivity index (χ0) is 18.9. The monoisotopic (exact) mass is 362 g/mol. The predicted molar refractivity (Wildman–Crippen MR) is 110 cm³/mol. The second kappa shape index (κ2) is 15.7. The van der Waals surface area contributed by atoms with Crippen molar-refractivity contribution >= 4 is 11.6 Å². The van der Waals surface area contributed by atoms with Crippen LogP contribution < -0.4 is 10.1 Å². The molecule has 0 spiro atoms. The van der Waals surface area contributed by atoms with Crippen LogP contribution in [0.5, 0.6) is 5.88 Å². The highest BCUT2D eigenvalue weighted by Crippen LogP contribution is 2.14. The quantitative estimate of drug-likeness (QED) is 0.341. The number of unbranched alkanes of at least 4 members (excludes halogenated alkanes) is 10. The van der Waals surface area contributed by atoms with E-state index in [0.29, 0.717) is 18.9 Å². The summed E-state index contributed by atoms with van der Waals surface area (Å²) in [5.41, 5.74) is 0.738. The van der Waals surface area contributed by atoms with E-state index in [1.54, 1.807) is 12.3 Å². The van der Waals surface area contributed by atoms with Gasteiger partial charge in [0.2, 0.25) is 11.8 Å². The summed E-state index contributed by atoms with van der Waals surface area (Å²) in [6, 6.07) is 3.64. The Labute approximate surface area is 160 Å². The second-order valence-electron chi connectivity index (χ2n) is 7.07. The highest BCUT2D eigenvalue weighted by Gasteiger charge is 2.03. The first-order chi connectivity index (χ1) is 12.8. The first-order valence-electron chi connectivity index (χ1n) is 10.6. The molecule has 1 amide bonds. The molecule has 0 aliphatic heterocycles. The topological polar surface area (TPSA) is 51.2 Å². The minimum absolute atomic E-state index is 0.0740. The number of nitrogens with one attached hydrogen (secondary N) is 1. The van der Waals surface area contributed by atoms with Gasteiger partial charge >= 0.3 is 0 Å². The molecule has 4 nitrogen and oxygen atoms in total. The third kappa shape index (κ3) is 11.9. The van der Waals surface area contributed by atoms with Crippen LogP contribution in [0.3, 0.4) is 0 Å². The summed E-state index contributed by atoms with van der Waals surface area (Å²) in [6.07, 6.45) is 17.5. The Morgan fingerprint density at radius 2 is 1.50 bits per heavy atom. The number of pyridine rings is 1. The third-order valence-corrected chi connectivity index (χ3v) is 4.48. The number of carbonyl (C=O) groups excluding carboxylic acids is 1. The lowest BCUT2D eigenvalue weighted by molar-refractivity contribution is -0.116. The molecule has 0 unspecified atom stereocenters. The molecule has 26 heavy (non-hydrogen) atoms. The van der Waals surface area contributed by atoms with Gasteiger partial charge in [-0.15, -0.1) is 0 Å². The molecule has 0 atom stereocenters. The average Bonchev–Trinajstić information content (AvgIpc) is 2.65. The SMILES string of the molecule is CCCCCCCCCCCCCC(=O)Nc1ccc(OCCC)nc1. The van der Waals surface area contributed by atoms with Gasteiger partial charge in [0.05, 0.1) is 18.5 Å². The minimum Gasteiger partial charge on any atom is -0.478 e. The molecular weight excluding hydrogens is 324 g/mol. The number of anilines is 1. The first-order valence-corrected chi connectivity index (χ1v) is 10.6. The molecule has 148 valence electrons. The van der Waals surface area contributed by atoms with E-state index >= 15 is 0 Å². The van der Waals surface area contributed by atoms with Crippen molar-refractivity contribution in [3.63, 3.8) is 0 Å². The number of ether oxygens (including phenoxy) is 1. The van der Waals surface area contributed by atoms with Crippen LogP contribution in [0, 0.1) is 0 Å². The second-order valence-corrected chi connectivity index (χ2v) is 7.07. The van der Waals surface area contributed by atoms with Crippen LogP contribution in [0.4, 0.5) is 5.69 Å². The molecule has 1 N–H and O–H groups in total. The normalized spacial score (nSPS) is 10.7. The number of hydrogen-bond acceptors (Lipinski definition) is 3. The van der Waals surface area contributed by atoms with E-state index in [9.17, 15) is 4.79 Å². The van der Waals surface area contributed by atoms with Gasteiger partial charge in [-0.25, -0.2) is 4.98 Å². The van der Waals surface area contributed by atoms with Crippen LogP contribution in [0.1, 0.15) is 97.3 Å². The Morgan fingerprint density at radius 3 is 2.04 bits per heavy atom. The van der Waals surface area contributed by atoms with E-state index in [4.69, 9.17) is 4.74 Å². The number of hydrogen-bond donors (Lipinski definition) is 1. The fourth-order valence-electron chi connectivity index (χ4n) is 2.92. The van der Waals surface area contributed by atoms with E-state index < -0.39 is 0 Å². The van der Waals surface area contributed by atoms with Crippen molar-refractivity contribution in [2.45, 2.75) is 97.3 Å².